The molecule has 3 nitrogen and oxygen atoms in total. The molecule has 0 aliphatic carbocycles. The minimum Gasteiger partial charge on any atom is -0.319 e. The van der Waals surface area contributed by atoms with Gasteiger partial charge < -0.3 is 4.98 Å². The quantitative estimate of drug-likeness (QED) is 0.801. The van der Waals surface area contributed by atoms with E-state index in [2.05, 4.69) is 25.9 Å². The lowest BCUT2D eigenvalue weighted by Gasteiger charge is -1.95. The van der Waals surface area contributed by atoms with Gasteiger partial charge in [0.15, 0.2) is 0 Å². The van der Waals surface area contributed by atoms with E-state index in [1.807, 2.05) is 45.9 Å². The van der Waals surface area contributed by atoms with Crippen molar-refractivity contribution in [2.24, 2.45) is 0 Å². The van der Waals surface area contributed by atoms with Gasteiger partial charge in [0.25, 0.3) is 5.56 Å². The Morgan fingerprint density at radius 3 is 2.44 bits per heavy atom. The third kappa shape index (κ3) is 4.14. The van der Waals surface area contributed by atoms with E-state index in [1.54, 1.807) is 0 Å². The monoisotopic (exact) mass is 284 g/mol. The summed E-state index contributed by atoms with van der Waals surface area (Å²) in [5, 5.41) is 0. The van der Waals surface area contributed by atoms with E-state index >= 15 is 0 Å². The van der Waals surface area contributed by atoms with Crippen LogP contribution >= 0.6 is 15.9 Å². The second kappa shape index (κ2) is 8.05. The third-order valence-corrected chi connectivity index (χ3v) is 2.03. The van der Waals surface area contributed by atoms with Gasteiger partial charge in [-0.1, -0.05) is 43.6 Å². The highest BCUT2D eigenvalue weighted by Crippen LogP contribution is 2.14. The lowest BCUT2D eigenvalue weighted by atomic mass is 10.3. The average Bonchev–Trinajstić information content (AvgIpc) is 2.33. The fourth-order valence-electron chi connectivity index (χ4n) is 1.01. The molecule has 0 radical (unpaired) electrons. The molecule has 0 spiro atoms. The van der Waals surface area contributed by atoms with Gasteiger partial charge in [-0.25, -0.2) is 4.98 Å². The van der Waals surface area contributed by atoms with Gasteiger partial charge in [0.05, 0.1) is 17.2 Å². The van der Waals surface area contributed by atoms with Crippen LogP contribution in [0.25, 0.3) is 11.0 Å². The molecular weight excluding hydrogens is 268 g/mol. The topological polar surface area (TPSA) is 45.8 Å². The molecule has 0 bridgehead atoms. The van der Waals surface area contributed by atoms with Crippen LogP contribution in [0.2, 0.25) is 0 Å². The number of nitrogens with one attached hydrogen (secondary N) is 1. The normalized spacial score (nSPS) is 8.56. The Kier molecular flexibility index (Phi) is 7.46. The van der Waals surface area contributed by atoms with Gasteiger partial charge in [-0.3, -0.25) is 4.79 Å². The highest BCUT2D eigenvalue weighted by Gasteiger charge is 1.95. The minimum absolute atomic E-state index is 0.180. The zero-order valence-corrected chi connectivity index (χ0v) is 11.6. The summed E-state index contributed by atoms with van der Waals surface area (Å²) in [6.07, 6.45) is 1.27. The number of hydrogen-bond acceptors (Lipinski definition) is 2. The summed E-state index contributed by atoms with van der Waals surface area (Å²) in [7, 11) is 0. The van der Waals surface area contributed by atoms with Crippen LogP contribution in [0.3, 0.4) is 0 Å². The van der Waals surface area contributed by atoms with E-state index in [1.165, 1.54) is 6.20 Å². The zero-order chi connectivity index (χ0) is 12.6. The predicted molar refractivity (Wildman–Crippen MR) is 72.8 cm³/mol. The summed E-state index contributed by atoms with van der Waals surface area (Å²) in [5.74, 6) is 0. The molecule has 4 heteroatoms. The number of rotatable bonds is 0. The van der Waals surface area contributed by atoms with Crippen LogP contribution in [0.15, 0.2) is 33.7 Å². The van der Waals surface area contributed by atoms with Crippen molar-refractivity contribution in [2.75, 3.05) is 0 Å². The van der Waals surface area contributed by atoms with Gasteiger partial charge >= 0.3 is 0 Å². The average molecular weight is 285 g/mol. The smallest absolute Gasteiger partial charge is 0.266 e. The first kappa shape index (κ1) is 14.8. The van der Waals surface area contributed by atoms with Crippen LogP contribution in [0, 0.1) is 0 Å². The molecule has 2 rings (SSSR count). The Hall–Kier alpha value is -1.16. The van der Waals surface area contributed by atoms with Gasteiger partial charge in [0.1, 0.15) is 0 Å². The summed E-state index contributed by atoms with van der Waals surface area (Å²) in [4.78, 5) is 17.5. The standard InChI is InChI=1S/C8H5BrN2O.2C2H6/c9-5-1-2-6-7(3-5)11-8(12)4-10-6;2*1-2/h1-4H,(H,11,12);2*1-2H3. The second-order valence-corrected chi connectivity index (χ2v) is 3.32. The molecule has 0 atom stereocenters. The molecule has 0 aliphatic heterocycles. The van der Waals surface area contributed by atoms with E-state index < -0.39 is 0 Å². The molecule has 1 aromatic heterocycles. The fourth-order valence-corrected chi connectivity index (χ4v) is 1.38. The number of H-pyrrole nitrogens is 1. The number of hydrogen-bond donors (Lipinski definition) is 1. The molecule has 1 N–H and O–H groups in total. The van der Waals surface area contributed by atoms with E-state index in [-0.39, 0.29) is 5.56 Å². The van der Waals surface area contributed by atoms with E-state index in [0.717, 1.165) is 15.5 Å². The molecule has 2 aromatic rings. The molecule has 1 heterocycles. The van der Waals surface area contributed by atoms with E-state index in [4.69, 9.17) is 0 Å². The summed E-state index contributed by atoms with van der Waals surface area (Å²) in [5.41, 5.74) is 1.36. The maximum atomic E-state index is 10.9. The summed E-state index contributed by atoms with van der Waals surface area (Å²) in [6.45, 7) is 8.00. The molecule has 0 unspecified atom stereocenters. The van der Waals surface area contributed by atoms with Gasteiger partial charge in [-0.05, 0) is 18.2 Å². The van der Waals surface area contributed by atoms with Crippen LogP contribution in [0.5, 0.6) is 0 Å². The van der Waals surface area contributed by atoms with Gasteiger partial charge in [0.2, 0.25) is 0 Å². The Bertz CT molecular complexity index is 480. The van der Waals surface area contributed by atoms with Gasteiger partial charge in [-0.15, -0.1) is 0 Å². The van der Waals surface area contributed by atoms with Crippen molar-refractivity contribution in [2.45, 2.75) is 27.7 Å². The number of nitrogens with zero attached hydrogens (tertiary/aromatic N) is 1. The molecule has 0 aliphatic rings. The van der Waals surface area contributed by atoms with Crippen LogP contribution in [0.1, 0.15) is 27.7 Å². The molecule has 0 saturated carbocycles. The fraction of sp³-hybridized carbons (Fsp3) is 0.333. The number of aromatic amines is 1. The van der Waals surface area contributed by atoms with Crippen LogP contribution in [-0.4, -0.2) is 9.97 Å². The molecule has 88 valence electrons. The maximum absolute atomic E-state index is 10.9. The van der Waals surface area contributed by atoms with Crippen molar-refractivity contribution in [3.63, 3.8) is 0 Å². The van der Waals surface area contributed by atoms with Crippen LogP contribution in [0.4, 0.5) is 0 Å². The molecular formula is C12H17BrN2O. The first-order chi connectivity index (χ1) is 7.75. The largest absolute Gasteiger partial charge is 0.319 e. The molecule has 0 saturated heterocycles. The predicted octanol–water partition coefficient (Wildman–Crippen LogP) is 3.74. The van der Waals surface area contributed by atoms with Crippen molar-refractivity contribution < 1.29 is 0 Å². The SMILES string of the molecule is CC.CC.O=c1cnc2ccc(Br)cc2[nH]1. The number of fused-ring (bicyclic) bond motifs is 1. The number of benzene rings is 1. The van der Waals surface area contributed by atoms with Gasteiger partial charge in [-0.2, -0.15) is 0 Å². The molecule has 0 fully saturated rings. The summed E-state index contributed by atoms with van der Waals surface area (Å²) < 4.78 is 0.929. The molecule has 0 amide bonds. The molecule has 16 heavy (non-hydrogen) atoms. The third-order valence-electron chi connectivity index (χ3n) is 1.54. The Morgan fingerprint density at radius 2 is 1.81 bits per heavy atom. The first-order valence-corrected chi connectivity index (χ1v) is 6.19. The van der Waals surface area contributed by atoms with Crippen molar-refractivity contribution in [1.29, 1.82) is 0 Å². The van der Waals surface area contributed by atoms with Gasteiger partial charge in [0, 0.05) is 4.47 Å². The lowest BCUT2D eigenvalue weighted by Crippen LogP contribution is -2.04. The van der Waals surface area contributed by atoms with Crippen LogP contribution < -0.4 is 5.56 Å². The van der Waals surface area contributed by atoms with Crippen molar-refractivity contribution in [3.8, 4) is 0 Å². The van der Waals surface area contributed by atoms with Crippen LogP contribution in [-0.2, 0) is 0 Å². The highest BCUT2D eigenvalue weighted by molar-refractivity contribution is 9.10. The summed E-state index contributed by atoms with van der Waals surface area (Å²) >= 11 is 3.31. The second-order valence-electron chi connectivity index (χ2n) is 2.41. The Morgan fingerprint density at radius 1 is 1.19 bits per heavy atom. The zero-order valence-electron chi connectivity index (χ0n) is 10.0. The lowest BCUT2D eigenvalue weighted by molar-refractivity contribution is 1.22. The van der Waals surface area contributed by atoms with E-state index in [0.29, 0.717) is 0 Å². The van der Waals surface area contributed by atoms with Crippen molar-refractivity contribution in [3.05, 3.63) is 39.2 Å². The van der Waals surface area contributed by atoms with Crippen molar-refractivity contribution >= 4 is 27.0 Å². The Balaban J connectivity index is 0.000000509. The van der Waals surface area contributed by atoms with E-state index in [9.17, 15) is 4.79 Å². The van der Waals surface area contributed by atoms with Crippen molar-refractivity contribution in [1.82, 2.24) is 9.97 Å². The molecule has 1 aromatic carbocycles. The first-order valence-electron chi connectivity index (χ1n) is 5.40. The summed E-state index contributed by atoms with van der Waals surface area (Å²) in [6, 6.07) is 5.55. The minimum atomic E-state index is -0.180. The Labute approximate surface area is 104 Å². The number of aromatic nitrogens is 2. The highest BCUT2D eigenvalue weighted by atomic mass is 79.9. The number of halogens is 1. The maximum Gasteiger partial charge on any atom is 0.266 e.